The van der Waals surface area contributed by atoms with Crippen molar-refractivity contribution in [3.8, 4) is 5.75 Å². The Morgan fingerprint density at radius 3 is 2.88 bits per heavy atom. The van der Waals surface area contributed by atoms with Gasteiger partial charge in [-0.3, -0.25) is 9.78 Å². The maximum atomic E-state index is 11.4. The molecule has 0 N–H and O–H groups in total. The molecule has 4 nitrogen and oxygen atoms in total. The van der Waals surface area contributed by atoms with Crippen molar-refractivity contribution in [3.63, 3.8) is 0 Å². The number of rotatable bonds is 6. The average molecular weight is 325 g/mol. The number of ether oxygens (including phenoxy) is 2. The van der Waals surface area contributed by atoms with Crippen LogP contribution in [0.25, 0.3) is 0 Å². The van der Waals surface area contributed by atoms with E-state index in [-0.39, 0.29) is 5.97 Å². The van der Waals surface area contributed by atoms with Gasteiger partial charge in [0.05, 0.1) is 12.8 Å². The fraction of sp³-hybridized carbons (Fsp3) is 0.400. The van der Waals surface area contributed by atoms with Crippen LogP contribution in [-0.2, 0) is 22.6 Å². The number of hydrogen-bond donors (Lipinski definition) is 0. The smallest absolute Gasteiger partial charge is 0.305 e. The van der Waals surface area contributed by atoms with Crippen LogP contribution in [0.1, 0.15) is 48.4 Å². The third-order valence-electron chi connectivity index (χ3n) is 4.57. The van der Waals surface area contributed by atoms with Crippen LogP contribution in [0, 0.1) is 0 Å². The summed E-state index contributed by atoms with van der Waals surface area (Å²) in [6, 6.07) is 12.1. The number of carbonyl (C=O) groups excluding carboxylic acids is 1. The zero-order chi connectivity index (χ0) is 16.8. The minimum atomic E-state index is -0.154. The van der Waals surface area contributed by atoms with Crippen LogP contribution in [0.4, 0.5) is 0 Å². The number of methoxy groups -OCH3 is 1. The second-order valence-electron chi connectivity index (χ2n) is 6.15. The molecular weight excluding hydrogens is 302 g/mol. The normalized spacial score (nSPS) is 16.3. The molecule has 2 aromatic rings. The molecule has 0 fully saturated rings. The van der Waals surface area contributed by atoms with Crippen LogP contribution in [0.2, 0.25) is 0 Å². The number of hydrogen-bond acceptors (Lipinski definition) is 4. The van der Waals surface area contributed by atoms with Gasteiger partial charge in [-0.15, -0.1) is 0 Å². The van der Waals surface area contributed by atoms with Gasteiger partial charge in [0, 0.05) is 24.1 Å². The molecule has 1 atom stereocenters. The molecule has 1 aliphatic carbocycles. The Bertz CT molecular complexity index is 685. The van der Waals surface area contributed by atoms with Crippen LogP contribution >= 0.6 is 0 Å². The highest BCUT2D eigenvalue weighted by atomic mass is 16.5. The maximum absolute atomic E-state index is 11.4. The molecule has 0 amide bonds. The van der Waals surface area contributed by atoms with Crippen LogP contribution in [-0.4, -0.2) is 18.1 Å². The van der Waals surface area contributed by atoms with Gasteiger partial charge in [-0.25, -0.2) is 0 Å². The maximum Gasteiger partial charge on any atom is 0.305 e. The van der Waals surface area contributed by atoms with E-state index in [0.29, 0.717) is 18.9 Å². The molecule has 1 aromatic heterocycles. The summed E-state index contributed by atoms with van der Waals surface area (Å²) in [6.45, 7) is 0.560. The van der Waals surface area contributed by atoms with Crippen molar-refractivity contribution < 1.29 is 14.3 Å². The zero-order valence-corrected chi connectivity index (χ0v) is 14.0. The number of nitrogens with zero attached hydrogens (tertiary/aromatic N) is 1. The molecule has 0 spiro atoms. The standard InChI is InChI=1S/C20H23NO3/c1-23-19(22)11-10-16-8-5-9-17-18(12-13-21-20(16)17)24-14-15-6-3-2-4-7-15/h2-4,6-7,12-13,16H,5,8-11,14H2,1H3. The quantitative estimate of drug-likeness (QED) is 0.752. The lowest BCUT2D eigenvalue weighted by molar-refractivity contribution is -0.140. The Balaban J connectivity index is 1.72. The Kier molecular flexibility index (Phi) is 5.47. The molecule has 0 saturated heterocycles. The summed E-state index contributed by atoms with van der Waals surface area (Å²) in [5.41, 5.74) is 3.45. The third kappa shape index (κ3) is 3.94. The van der Waals surface area contributed by atoms with E-state index in [1.165, 1.54) is 12.7 Å². The van der Waals surface area contributed by atoms with Crippen LogP contribution in [0.3, 0.4) is 0 Å². The number of benzene rings is 1. The van der Waals surface area contributed by atoms with E-state index >= 15 is 0 Å². The monoisotopic (exact) mass is 325 g/mol. The first-order chi connectivity index (χ1) is 11.8. The van der Waals surface area contributed by atoms with Gasteiger partial charge in [-0.05, 0) is 37.3 Å². The second kappa shape index (κ2) is 7.95. The zero-order valence-electron chi connectivity index (χ0n) is 14.0. The Morgan fingerprint density at radius 1 is 1.25 bits per heavy atom. The Morgan fingerprint density at radius 2 is 2.08 bits per heavy atom. The SMILES string of the molecule is COC(=O)CCC1CCCc2c(OCc3ccccc3)ccnc21. The summed E-state index contributed by atoms with van der Waals surface area (Å²) in [7, 11) is 1.44. The first kappa shape index (κ1) is 16.5. The minimum Gasteiger partial charge on any atom is -0.488 e. The van der Waals surface area contributed by atoms with Crippen molar-refractivity contribution in [1.29, 1.82) is 0 Å². The molecule has 1 aliphatic rings. The number of aromatic nitrogens is 1. The molecule has 3 rings (SSSR count). The van der Waals surface area contributed by atoms with E-state index in [1.54, 1.807) is 0 Å². The lowest BCUT2D eigenvalue weighted by Gasteiger charge is -2.25. The summed E-state index contributed by atoms with van der Waals surface area (Å²) >= 11 is 0. The van der Waals surface area contributed by atoms with Crippen molar-refractivity contribution in [2.45, 2.75) is 44.6 Å². The van der Waals surface area contributed by atoms with Gasteiger partial charge in [0.2, 0.25) is 0 Å². The third-order valence-corrected chi connectivity index (χ3v) is 4.57. The molecule has 24 heavy (non-hydrogen) atoms. The van der Waals surface area contributed by atoms with E-state index in [4.69, 9.17) is 9.47 Å². The number of fused-ring (bicyclic) bond motifs is 1. The molecule has 1 heterocycles. The summed E-state index contributed by atoms with van der Waals surface area (Å²) in [4.78, 5) is 16.0. The predicted molar refractivity (Wildman–Crippen MR) is 91.9 cm³/mol. The lowest BCUT2D eigenvalue weighted by atomic mass is 9.83. The lowest BCUT2D eigenvalue weighted by Crippen LogP contribution is -2.15. The summed E-state index contributed by atoms with van der Waals surface area (Å²) < 4.78 is 10.8. The summed E-state index contributed by atoms with van der Waals surface area (Å²) in [5, 5.41) is 0. The van der Waals surface area contributed by atoms with Crippen molar-refractivity contribution in [2.75, 3.05) is 7.11 Å². The molecule has 0 saturated carbocycles. The largest absolute Gasteiger partial charge is 0.488 e. The van der Waals surface area contributed by atoms with Crippen molar-refractivity contribution in [2.24, 2.45) is 0 Å². The van der Waals surface area contributed by atoms with E-state index in [1.807, 2.05) is 30.5 Å². The molecule has 0 bridgehead atoms. The van der Waals surface area contributed by atoms with Gasteiger partial charge in [0.25, 0.3) is 0 Å². The molecule has 0 radical (unpaired) electrons. The summed E-state index contributed by atoms with van der Waals surface area (Å²) in [6.07, 6.45) is 6.20. The van der Waals surface area contributed by atoms with E-state index in [0.717, 1.165) is 42.7 Å². The molecule has 0 aliphatic heterocycles. The highest BCUT2D eigenvalue weighted by Gasteiger charge is 2.25. The van der Waals surface area contributed by atoms with E-state index < -0.39 is 0 Å². The van der Waals surface area contributed by atoms with Gasteiger partial charge >= 0.3 is 5.97 Å². The van der Waals surface area contributed by atoms with Crippen LogP contribution in [0.15, 0.2) is 42.6 Å². The van der Waals surface area contributed by atoms with Gasteiger partial charge in [-0.2, -0.15) is 0 Å². The second-order valence-corrected chi connectivity index (χ2v) is 6.15. The minimum absolute atomic E-state index is 0.154. The molecule has 1 aromatic carbocycles. The van der Waals surface area contributed by atoms with Crippen molar-refractivity contribution in [1.82, 2.24) is 4.98 Å². The first-order valence-electron chi connectivity index (χ1n) is 8.49. The highest BCUT2D eigenvalue weighted by molar-refractivity contribution is 5.69. The number of esters is 1. The Labute approximate surface area is 142 Å². The van der Waals surface area contributed by atoms with Gasteiger partial charge in [0.1, 0.15) is 12.4 Å². The molecule has 4 heteroatoms. The van der Waals surface area contributed by atoms with Gasteiger partial charge < -0.3 is 9.47 Å². The van der Waals surface area contributed by atoms with Crippen LogP contribution < -0.4 is 4.74 Å². The van der Waals surface area contributed by atoms with Crippen LogP contribution in [0.5, 0.6) is 5.75 Å². The fourth-order valence-electron chi connectivity index (χ4n) is 3.30. The van der Waals surface area contributed by atoms with Crippen molar-refractivity contribution in [3.05, 3.63) is 59.4 Å². The number of pyridine rings is 1. The molecule has 126 valence electrons. The topological polar surface area (TPSA) is 48.4 Å². The number of carbonyl (C=O) groups is 1. The van der Waals surface area contributed by atoms with Gasteiger partial charge in [-0.1, -0.05) is 30.3 Å². The predicted octanol–water partition coefficient (Wildman–Crippen LogP) is 4.03. The summed E-state index contributed by atoms with van der Waals surface area (Å²) in [5.74, 6) is 1.08. The first-order valence-corrected chi connectivity index (χ1v) is 8.49. The van der Waals surface area contributed by atoms with E-state index in [2.05, 4.69) is 17.1 Å². The average Bonchev–Trinajstić information content (AvgIpc) is 2.65. The molecule has 1 unspecified atom stereocenters. The molecular formula is C20H23NO3. The Hall–Kier alpha value is -2.36. The van der Waals surface area contributed by atoms with Gasteiger partial charge in [0.15, 0.2) is 0 Å². The van der Waals surface area contributed by atoms with Crippen molar-refractivity contribution >= 4 is 5.97 Å². The van der Waals surface area contributed by atoms with E-state index in [9.17, 15) is 4.79 Å². The fourth-order valence-corrected chi connectivity index (χ4v) is 3.30. The highest BCUT2D eigenvalue weighted by Crippen LogP contribution is 2.37.